The number of hydrogen-bond acceptors (Lipinski definition) is 3. The Kier molecular flexibility index (Phi) is 7.67. The minimum Gasteiger partial charge on any atom is -0.352 e. The van der Waals surface area contributed by atoms with Crippen molar-refractivity contribution in [3.8, 4) is 0 Å². The number of carbonyl (C=O) groups excluding carboxylic acids is 3. The van der Waals surface area contributed by atoms with Gasteiger partial charge in [0.05, 0.1) is 0 Å². The largest absolute Gasteiger partial charge is 0.352 e. The third-order valence-corrected chi connectivity index (χ3v) is 5.51. The van der Waals surface area contributed by atoms with Crippen LogP contribution in [-0.2, 0) is 21.4 Å². The van der Waals surface area contributed by atoms with E-state index in [2.05, 4.69) is 36.7 Å². The average Bonchev–Trinajstić information content (AvgIpc) is 3.57. The van der Waals surface area contributed by atoms with Gasteiger partial charge in [-0.1, -0.05) is 63.2 Å². The van der Waals surface area contributed by atoms with Crippen LogP contribution in [0.2, 0.25) is 0 Å². The van der Waals surface area contributed by atoms with Crippen molar-refractivity contribution >= 4 is 17.7 Å². The molecule has 0 saturated heterocycles. The minimum atomic E-state index is -0.633. The second-order valence-corrected chi connectivity index (χ2v) is 9.43. The van der Waals surface area contributed by atoms with Gasteiger partial charge in [-0.15, -0.1) is 0 Å². The molecule has 32 heavy (non-hydrogen) atoms. The number of hydrogen-bond donors (Lipinski definition) is 3. The third-order valence-electron chi connectivity index (χ3n) is 5.51. The lowest BCUT2D eigenvalue weighted by molar-refractivity contribution is -0.129. The third kappa shape index (κ3) is 7.22. The van der Waals surface area contributed by atoms with Gasteiger partial charge in [-0.2, -0.15) is 0 Å². The second-order valence-electron chi connectivity index (χ2n) is 9.43. The number of carbonyl (C=O) groups is 3. The highest BCUT2D eigenvalue weighted by atomic mass is 16.2. The fourth-order valence-electron chi connectivity index (χ4n) is 3.37. The molecule has 1 fully saturated rings. The molecule has 6 heteroatoms. The predicted molar refractivity (Wildman–Crippen MR) is 125 cm³/mol. The van der Waals surface area contributed by atoms with Crippen LogP contribution in [0.1, 0.15) is 61.5 Å². The van der Waals surface area contributed by atoms with Crippen LogP contribution in [0.4, 0.5) is 0 Å². The first-order valence-corrected chi connectivity index (χ1v) is 11.2. The van der Waals surface area contributed by atoms with E-state index in [1.54, 1.807) is 12.1 Å². The van der Waals surface area contributed by atoms with Gasteiger partial charge < -0.3 is 16.0 Å². The van der Waals surface area contributed by atoms with E-state index in [-0.39, 0.29) is 42.1 Å². The molecule has 1 saturated carbocycles. The van der Waals surface area contributed by atoms with Gasteiger partial charge in [0.15, 0.2) is 0 Å². The zero-order chi connectivity index (χ0) is 23.1. The van der Waals surface area contributed by atoms with Crippen molar-refractivity contribution in [2.45, 2.75) is 64.0 Å². The van der Waals surface area contributed by atoms with E-state index in [0.29, 0.717) is 12.0 Å². The summed E-state index contributed by atoms with van der Waals surface area (Å²) in [6.07, 6.45) is 2.51. The summed E-state index contributed by atoms with van der Waals surface area (Å²) in [5.41, 5.74) is 2.72. The first kappa shape index (κ1) is 23.5. The Labute approximate surface area is 190 Å². The predicted octanol–water partition coefficient (Wildman–Crippen LogP) is 3.11. The molecule has 0 radical (unpaired) electrons. The molecule has 3 amide bonds. The Balaban J connectivity index is 1.49. The van der Waals surface area contributed by atoms with Gasteiger partial charge in [-0.25, -0.2) is 0 Å². The highest BCUT2D eigenvalue weighted by molar-refractivity contribution is 5.94. The Morgan fingerprint density at radius 2 is 1.62 bits per heavy atom. The average molecular weight is 436 g/mol. The molecule has 1 aliphatic carbocycles. The van der Waals surface area contributed by atoms with Crippen LogP contribution in [0.25, 0.3) is 0 Å². The van der Waals surface area contributed by atoms with Gasteiger partial charge in [0.1, 0.15) is 6.04 Å². The highest BCUT2D eigenvalue weighted by Gasteiger charge is 2.28. The van der Waals surface area contributed by atoms with Crippen molar-refractivity contribution in [2.75, 3.05) is 6.54 Å². The van der Waals surface area contributed by atoms with Crippen LogP contribution in [0.15, 0.2) is 54.6 Å². The Bertz CT molecular complexity index is 929. The van der Waals surface area contributed by atoms with E-state index in [1.807, 2.05) is 42.5 Å². The molecular weight excluding hydrogens is 402 g/mol. The summed E-state index contributed by atoms with van der Waals surface area (Å²) in [7, 11) is 0. The number of benzene rings is 2. The molecule has 2 aromatic carbocycles. The second kappa shape index (κ2) is 10.4. The zero-order valence-corrected chi connectivity index (χ0v) is 19.1. The van der Waals surface area contributed by atoms with E-state index in [1.165, 1.54) is 0 Å². The van der Waals surface area contributed by atoms with Crippen molar-refractivity contribution in [3.05, 3.63) is 71.3 Å². The molecule has 6 nitrogen and oxygen atoms in total. The van der Waals surface area contributed by atoms with Gasteiger partial charge in [-0.05, 0) is 41.5 Å². The lowest BCUT2D eigenvalue weighted by Crippen LogP contribution is -2.49. The lowest BCUT2D eigenvalue weighted by atomic mass is 9.87. The molecular formula is C26H33N3O3. The summed E-state index contributed by atoms with van der Waals surface area (Å²) in [5, 5.41) is 8.58. The molecule has 2 aromatic rings. The van der Waals surface area contributed by atoms with E-state index >= 15 is 0 Å². The maximum absolute atomic E-state index is 12.6. The molecule has 1 atom stereocenters. The standard InChI is InChI=1S/C26H33N3O3/c1-26(2,3)20-11-9-19(10-12-20)24(31)27-16-15-23(30)29-22(25(32)28-21-13-14-21)17-18-7-5-4-6-8-18/h4-12,21-22H,13-17H2,1-3H3,(H,27,31)(H,28,32)(H,29,30). The van der Waals surface area contributed by atoms with Crippen LogP contribution in [-0.4, -0.2) is 36.3 Å². The molecule has 0 aromatic heterocycles. The molecule has 0 bridgehead atoms. The lowest BCUT2D eigenvalue weighted by Gasteiger charge is -2.19. The fraction of sp³-hybridized carbons (Fsp3) is 0.423. The quantitative estimate of drug-likeness (QED) is 0.566. The molecule has 3 rings (SSSR count). The van der Waals surface area contributed by atoms with Crippen LogP contribution in [0.5, 0.6) is 0 Å². The van der Waals surface area contributed by atoms with Gasteiger partial charge >= 0.3 is 0 Å². The zero-order valence-electron chi connectivity index (χ0n) is 19.1. The van der Waals surface area contributed by atoms with E-state index < -0.39 is 6.04 Å². The first-order chi connectivity index (χ1) is 15.2. The van der Waals surface area contributed by atoms with Gasteiger partial charge in [-0.3, -0.25) is 14.4 Å². The summed E-state index contributed by atoms with van der Waals surface area (Å²) < 4.78 is 0. The Morgan fingerprint density at radius 3 is 2.22 bits per heavy atom. The summed E-state index contributed by atoms with van der Waals surface area (Å²) in [6, 6.07) is 16.7. The van der Waals surface area contributed by atoms with E-state index in [0.717, 1.165) is 24.0 Å². The SMILES string of the molecule is CC(C)(C)c1ccc(C(=O)NCCC(=O)NC(Cc2ccccc2)C(=O)NC2CC2)cc1. The normalized spacial score (nSPS) is 14.3. The Hall–Kier alpha value is -3.15. The molecule has 1 aliphatic rings. The van der Waals surface area contributed by atoms with Gasteiger partial charge in [0.2, 0.25) is 11.8 Å². The molecule has 170 valence electrons. The number of nitrogens with one attached hydrogen (secondary N) is 3. The smallest absolute Gasteiger partial charge is 0.251 e. The number of amides is 3. The summed E-state index contributed by atoms with van der Waals surface area (Å²) >= 11 is 0. The van der Waals surface area contributed by atoms with Crippen LogP contribution < -0.4 is 16.0 Å². The Morgan fingerprint density at radius 1 is 0.969 bits per heavy atom. The van der Waals surface area contributed by atoms with Crippen LogP contribution in [0, 0.1) is 0 Å². The van der Waals surface area contributed by atoms with Crippen LogP contribution >= 0.6 is 0 Å². The van der Waals surface area contributed by atoms with E-state index in [9.17, 15) is 14.4 Å². The molecule has 3 N–H and O–H groups in total. The van der Waals surface area contributed by atoms with Crippen LogP contribution in [0.3, 0.4) is 0 Å². The van der Waals surface area contributed by atoms with Crippen molar-refractivity contribution in [1.82, 2.24) is 16.0 Å². The molecule has 0 aliphatic heterocycles. The van der Waals surface area contributed by atoms with Crippen molar-refractivity contribution in [3.63, 3.8) is 0 Å². The summed E-state index contributed by atoms with van der Waals surface area (Å²) in [4.78, 5) is 37.5. The topological polar surface area (TPSA) is 87.3 Å². The minimum absolute atomic E-state index is 0.0230. The summed E-state index contributed by atoms with van der Waals surface area (Å²) in [5.74, 6) is -0.640. The maximum atomic E-state index is 12.6. The monoisotopic (exact) mass is 435 g/mol. The highest BCUT2D eigenvalue weighted by Crippen LogP contribution is 2.22. The van der Waals surface area contributed by atoms with Crippen molar-refractivity contribution in [2.24, 2.45) is 0 Å². The summed E-state index contributed by atoms with van der Waals surface area (Å²) in [6.45, 7) is 6.57. The first-order valence-electron chi connectivity index (χ1n) is 11.2. The fourth-order valence-corrected chi connectivity index (χ4v) is 3.37. The molecule has 1 unspecified atom stereocenters. The maximum Gasteiger partial charge on any atom is 0.251 e. The van der Waals surface area contributed by atoms with Crippen molar-refractivity contribution < 1.29 is 14.4 Å². The van der Waals surface area contributed by atoms with Gasteiger partial charge in [0.25, 0.3) is 5.91 Å². The van der Waals surface area contributed by atoms with E-state index in [4.69, 9.17) is 0 Å². The van der Waals surface area contributed by atoms with Crippen molar-refractivity contribution in [1.29, 1.82) is 0 Å². The van der Waals surface area contributed by atoms with Gasteiger partial charge in [0, 0.05) is 31.0 Å². The molecule has 0 heterocycles. The molecule has 0 spiro atoms. The number of rotatable bonds is 9.